The van der Waals surface area contributed by atoms with Gasteiger partial charge in [-0.25, -0.2) is 8.42 Å². The summed E-state index contributed by atoms with van der Waals surface area (Å²) in [5.41, 5.74) is 1.93. The van der Waals surface area contributed by atoms with Crippen LogP contribution in [-0.4, -0.2) is 61.2 Å². The van der Waals surface area contributed by atoms with Crippen LogP contribution in [0.3, 0.4) is 0 Å². The van der Waals surface area contributed by atoms with Crippen molar-refractivity contribution in [2.75, 3.05) is 26.1 Å². The van der Waals surface area contributed by atoms with Crippen LogP contribution in [0, 0.1) is 0 Å². The number of ether oxygens (including phenoxy) is 1. The van der Waals surface area contributed by atoms with E-state index in [1.54, 1.807) is 12.1 Å². The first-order chi connectivity index (χ1) is 12.9. The predicted molar refractivity (Wildman–Crippen MR) is 102 cm³/mol. The van der Waals surface area contributed by atoms with Crippen molar-refractivity contribution in [2.45, 2.75) is 44.1 Å². The van der Waals surface area contributed by atoms with Crippen molar-refractivity contribution in [3.63, 3.8) is 0 Å². The van der Waals surface area contributed by atoms with Gasteiger partial charge in [0.05, 0.1) is 25.1 Å². The van der Waals surface area contributed by atoms with Crippen molar-refractivity contribution in [2.24, 2.45) is 0 Å². The van der Waals surface area contributed by atoms with Gasteiger partial charge in [0.2, 0.25) is 0 Å². The van der Waals surface area contributed by atoms with E-state index in [1.165, 1.54) is 7.11 Å². The molecule has 0 bridgehead atoms. The fourth-order valence-corrected chi connectivity index (χ4v) is 5.27. The van der Waals surface area contributed by atoms with Crippen molar-refractivity contribution in [3.8, 4) is 0 Å². The summed E-state index contributed by atoms with van der Waals surface area (Å²) in [7, 11) is -2.04. The molecule has 1 aliphatic rings. The third-order valence-electron chi connectivity index (χ3n) is 4.79. The fourth-order valence-electron chi connectivity index (χ4n) is 3.40. The van der Waals surface area contributed by atoms with E-state index in [9.17, 15) is 18.6 Å². The molecule has 0 saturated carbocycles. The van der Waals surface area contributed by atoms with E-state index in [-0.39, 0.29) is 19.0 Å². The van der Waals surface area contributed by atoms with E-state index >= 15 is 0 Å². The van der Waals surface area contributed by atoms with E-state index in [0.29, 0.717) is 35.5 Å². The van der Waals surface area contributed by atoms with Crippen LogP contribution in [0.15, 0.2) is 33.3 Å². The summed E-state index contributed by atoms with van der Waals surface area (Å²) in [5.74, 6) is 0.917. The molecule has 1 aliphatic heterocycles. The van der Waals surface area contributed by atoms with Crippen LogP contribution in [0.25, 0.3) is 6.08 Å². The van der Waals surface area contributed by atoms with Gasteiger partial charge >= 0.3 is 0 Å². The molecular weight excluding hydrogens is 372 g/mol. The van der Waals surface area contributed by atoms with Crippen LogP contribution in [0.1, 0.15) is 37.7 Å². The molecule has 0 spiro atoms. The number of rotatable bonds is 10. The zero-order valence-electron chi connectivity index (χ0n) is 15.7. The summed E-state index contributed by atoms with van der Waals surface area (Å²) in [6, 6.07) is 3.47. The molecule has 0 aromatic carbocycles. The van der Waals surface area contributed by atoms with E-state index in [2.05, 4.69) is 0 Å². The number of aliphatic hydroxyl groups is 3. The van der Waals surface area contributed by atoms with E-state index in [1.807, 2.05) is 13.0 Å². The highest BCUT2D eigenvalue weighted by Gasteiger charge is 2.40. The molecule has 1 aromatic rings. The van der Waals surface area contributed by atoms with E-state index in [4.69, 9.17) is 14.3 Å². The maximum atomic E-state index is 12.2. The molecule has 0 fully saturated rings. The number of methoxy groups -OCH3 is 1. The van der Waals surface area contributed by atoms with Crippen LogP contribution in [-0.2, 0) is 21.2 Å². The normalized spacial score (nSPS) is 21.1. The molecule has 0 unspecified atom stereocenters. The number of sulfone groups is 1. The van der Waals surface area contributed by atoms with Gasteiger partial charge in [0.25, 0.3) is 0 Å². The maximum absolute atomic E-state index is 12.2. The van der Waals surface area contributed by atoms with Gasteiger partial charge in [-0.05, 0) is 48.6 Å². The van der Waals surface area contributed by atoms with Gasteiger partial charge < -0.3 is 24.5 Å². The SMILES string of the molecule is CC/C(=C\c1ccc(CO)o1)CC[C@@H](O)C1=C(COC)CS(=O)(=O)[C@H]1CO. The molecule has 0 radical (unpaired) electrons. The van der Waals surface area contributed by atoms with Crippen LogP contribution in [0.4, 0.5) is 0 Å². The van der Waals surface area contributed by atoms with Gasteiger partial charge in [-0.15, -0.1) is 0 Å². The lowest BCUT2D eigenvalue weighted by Crippen LogP contribution is -2.29. The Morgan fingerprint density at radius 1 is 1.41 bits per heavy atom. The van der Waals surface area contributed by atoms with Gasteiger partial charge in [-0.2, -0.15) is 0 Å². The lowest BCUT2D eigenvalue weighted by atomic mass is 9.95. The zero-order valence-corrected chi connectivity index (χ0v) is 16.5. The molecule has 27 heavy (non-hydrogen) atoms. The highest BCUT2D eigenvalue weighted by atomic mass is 32.2. The van der Waals surface area contributed by atoms with E-state index < -0.39 is 27.8 Å². The molecule has 8 heteroatoms. The number of allylic oxidation sites excluding steroid dienone is 1. The lowest BCUT2D eigenvalue weighted by Gasteiger charge is -2.19. The molecule has 0 saturated heterocycles. The molecule has 3 N–H and O–H groups in total. The molecule has 7 nitrogen and oxygen atoms in total. The van der Waals surface area contributed by atoms with Gasteiger partial charge in [-0.1, -0.05) is 12.5 Å². The molecule has 0 amide bonds. The Labute approximate surface area is 159 Å². The summed E-state index contributed by atoms with van der Waals surface area (Å²) in [5, 5.41) is 28.2. The van der Waals surface area contributed by atoms with Gasteiger partial charge in [0.15, 0.2) is 9.84 Å². The summed E-state index contributed by atoms with van der Waals surface area (Å²) >= 11 is 0. The summed E-state index contributed by atoms with van der Waals surface area (Å²) < 4.78 is 35.0. The first-order valence-corrected chi connectivity index (χ1v) is 10.7. The van der Waals surface area contributed by atoms with Crippen LogP contribution >= 0.6 is 0 Å². The summed E-state index contributed by atoms with van der Waals surface area (Å²) in [6.45, 7) is 1.39. The van der Waals surface area contributed by atoms with Crippen LogP contribution in [0.5, 0.6) is 0 Å². The second kappa shape index (κ2) is 9.66. The highest BCUT2D eigenvalue weighted by Crippen LogP contribution is 2.32. The second-order valence-electron chi connectivity index (χ2n) is 6.64. The summed E-state index contributed by atoms with van der Waals surface area (Å²) in [4.78, 5) is 0. The molecule has 2 heterocycles. The average molecular weight is 400 g/mol. The zero-order chi connectivity index (χ0) is 20.0. The lowest BCUT2D eigenvalue weighted by molar-refractivity contribution is 0.182. The first-order valence-electron chi connectivity index (χ1n) is 8.96. The topological polar surface area (TPSA) is 117 Å². The predicted octanol–water partition coefficient (Wildman–Crippen LogP) is 1.44. The maximum Gasteiger partial charge on any atom is 0.163 e. The molecule has 1 aromatic heterocycles. The van der Waals surface area contributed by atoms with Crippen LogP contribution < -0.4 is 0 Å². The quantitative estimate of drug-likeness (QED) is 0.509. The molecule has 0 aliphatic carbocycles. The number of furan rings is 1. The fraction of sp³-hybridized carbons (Fsp3) is 0.579. The average Bonchev–Trinajstić information content (AvgIpc) is 3.19. The number of hydrogen-bond donors (Lipinski definition) is 3. The Morgan fingerprint density at radius 3 is 2.70 bits per heavy atom. The van der Waals surface area contributed by atoms with Gasteiger partial charge in [0.1, 0.15) is 23.4 Å². The van der Waals surface area contributed by atoms with Crippen molar-refractivity contribution >= 4 is 15.9 Å². The Kier molecular flexibility index (Phi) is 7.81. The summed E-state index contributed by atoms with van der Waals surface area (Å²) in [6.07, 6.45) is 2.53. The monoisotopic (exact) mass is 400 g/mol. The van der Waals surface area contributed by atoms with Crippen molar-refractivity contribution in [1.82, 2.24) is 0 Å². The third-order valence-corrected chi connectivity index (χ3v) is 6.81. The Hall–Kier alpha value is -1.45. The minimum Gasteiger partial charge on any atom is -0.459 e. The van der Waals surface area contributed by atoms with Crippen molar-refractivity contribution in [1.29, 1.82) is 0 Å². The second-order valence-corrected chi connectivity index (χ2v) is 8.83. The standard InChI is InChI=1S/C19H28O7S/c1-3-13(8-15-5-6-16(9-20)26-15)4-7-17(22)19-14(11-25-2)12-27(23,24)18(19)10-21/h5-6,8,17-18,20-22H,3-4,7,9-12H2,1-2H3/b13-8+/t17-,18+/m1/s1. The molecule has 2 rings (SSSR count). The Bertz CT molecular complexity index is 789. The van der Waals surface area contributed by atoms with Gasteiger partial charge in [0, 0.05) is 7.11 Å². The molecule has 2 atom stereocenters. The molecule has 152 valence electrons. The minimum atomic E-state index is -3.51. The largest absolute Gasteiger partial charge is 0.459 e. The van der Waals surface area contributed by atoms with E-state index in [0.717, 1.165) is 12.0 Å². The first kappa shape index (κ1) is 21.8. The Balaban J connectivity index is 2.13. The minimum absolute atomic E-state index is 0.120. The number of aliphatic hydroxyl groups excluding tert-OH is 3. The molecular formula is C19H28O7S. The number of hydrogen-bond acceptors (Lipinski definition) is 7. The van der Waals surface area contributed by atoms with Crippen LogP contribution in [0.2, 0.25) is 0 Å². The van der Waals surface area contributed by atoms with Crippen molar-refractivity contribution in [3.05, 3.63) is 40.4 Å². The highest BCUT2D eigenvalue weighted by molar-refractivity contribution is 7.92. The van der Waals surface area contributed by atoms with Crippen molar-refractivity contribution < 1.29 is 32.9 Å². The smallest absolute Gasteiger partial charge is 0.163 e. The van der Waals surface area contributed by atoms with Gasteiger partial charge in [-0.3, -0.25) is 0 Å². The Morgan fingerprint density at radius 2 is 2.15 bits per heavy atom. The third kappa shape index (κ3) is 5.30.